The number of hydrogen-bond acceptors (Lipinski definition) is 3. The Balaban J connectivity index is 1.79. The Morgan fingerprint density at radius 3 is 3.05 bits per heavy atom. The number of rotatable bonds is 4. The Morgan fingerprint density at radius 1 is 1.47 bits per heavy atom. The summed E-state index contributed by atoms with van der Waals surface area (Å²) >= 11 is 0. The molecule has 3 rings (SSSR count). The van der Waals surface area contributed by atoms with Crippen molar-refractivity contribution in [2.45, 2.75) is 31.7 Å². The van der Waals surface area contributed by atoms with Crippen LogP contribution < -0.4 is 4.74 Å². The van der Waals surface area contributed by atoms with Crippen molar-refractivity contribution in [2.24, 2.45) is 0 Å². The van der Waals surface area contributed by atoms with Crippen LogP contribution in [0.4, 0.5) is 0 Å². The molecular weight excluding hydrogens is 240 g/mol. The van der Waals surface area contributed by atoms with Crippen LogP contribution >= 0.6 is 0 Å². The van der Waals surface area contributed by atoms with Crippen LogP contribution in [-0.2, 0) is 6.42 Å². The third-order valence-corrected chi connectivity index (χ3v) is 3.65. The van der Waals surface area contributed by atoms with Crippen molar-refractivity contribution >= 4 is 5.91 Å². The highest BCUT2D eigenvalue weighted by molar-refractivity contribution is 5.95. The number of amides is 1. The molecule has 0 atom stereocenters. The molecule has 0 spiro atoms. The molecule has 0 N–H and O–H groups in total. The minimum Gasteiger partial charge on any atom is -0.493 e. The van der Waals surface area contributed by atoms with Crippen molar-refractivity contribution in [2.75, 3.05) is 13.2 Å². The lowest BCUT2D eigenvalue weighted by Crippen LogP contribution is -2.33. The maximum absolute atomic E-state index is 12.5. The number of nitrogens with zero attached hydrogens (tertiary/aromatic N) is 2. The van der Waals surface area contributed by atoms with Crippen molar-refractivity contribution in [3.05, 3.63) is 29.3 Å². The fourth-order valence-electron chi connectivity index (χ4n) is 2.49. The Hall–Kier alpha value is -2.02. The van der Waals surface area contributed by atoms with Gasteiger partial charge < -0.3 is 9.64 Å². The number of carbonyl (C=O) groups excluding carboxylic acids is 1. The third kappa shape index (κ3) is 2.41. The molecular formula is C15H16N2O2. The molecule has 1 saturated carbocycles. The SMILES string of the molecule is N#CCCN(C(=O)c1ccc2c(c1)CCO2)C1CC1. The van der Waals surface area contributed by atoms with Crippen LogP contribution in [0.1, 0.15) is 35.2 Å². The van der Waals surface area contributed by atoms with E-state index >= 15 is 0 Å². The van der Waals surface area contributed by atoms with E-state index in [4.69, 9.17) is 10.00 Å². The van der Waals surface area contributed by atoms with Gasteiger partial charge in [-0.3, -0.25) is 4.79 Å². The van der Waals surface area contributed by atoms with Crippen molar-refractivity contribution in [1.82, 2.24) is 4.90 Å². The van der Waals surface area contributed by atoms with E-state index in [-0.39, 0.29) is 5.91 Å². The predicted octanol–water partition coefficient (Wildman–Crippen LogP) is 2.14. The van der Waals surface area contributed by atoms with E-state index < -0.39 is 0 Å². The lowest BCUT2D eigenvalue weighted by molar-refractivity contribution is 0.0746. The summed E-state index contributed by atoms with van der Waals surface area (Å²) in [7, 11) is 0. The summed E-state index contributed by atoms with van der Waals surface area (Å²) < 4.78 is 5.45. The molecule has 0 radical (unpaired) electrons. The molecule has 1 amide bonds. The van der Waals surface area contributed by atoms with E-state index in [0.29, 0.717) is 31.2 Å². The summed E-state index contributed by atoms with van der Waals surface area (Å²) in [6.07, 6.45) is 3.39. The highest BCUT2D eigenvalue weighted by atomic mass is 16.5. The summed E-state index contributed by atoms with van der Waals surface area (Å²) in [5.74, 6) is 0.944. The molecule has 0 unspecified atom stereocenters. The number of nitriles is 1. The summed E-state index contributed by atoms with van der Waals surface area (Å²) in [6, 6.07) is 8.10. The monoisotopic (exact) mass is 256 g/mol. The van der Waals surface area contributed by atoms with Gasteiger partial charge in [-0.2, -0.15) is 5.26 Å². The van der Waals surface area contributed by atoms with E-state index in [2.05, 4.69) is 6.07 Å². The number of ether oxygens (including phenoxy) is 1. The van der Waals surface area contributed by atoms with Gasteiger partial charge in [-0.15, -0.1) is 0 Å². The van der Waals surface area contributed by atoms with Crippen LogP contribution in [0.25, 0.3) is 0 Å². The molecule has 1 aliphatic heterocycles. The minimum atomic E-state index is 0.0486. The maximum atomic E-state index is 12.5. The Kier molecular flexibility index (Phi) is 3.12. The number of fused-ring (bicyclic) bond motifs is 1. The number of carbonyl (C=O) groups is 1. The van der Waals surface area contributed by atoms with Crippen LogP contribution in [0.2, 0.25) is 0 Å². The van der Waals surface area contributed by atoms with Crippen molar-refractivity contribution < 1.29 is 9.53 Å². The van der Waals surface area contributed by atoms with Crippen molar-refractivity contribution in [3.8, 4) is 11.8 Å². The first-order valence-corrected chi connectivity index (χ1v) is 6.73. The maximum Gasteiger partial charge on any atom is 0.254 e. The zero-order valence-electron chi connectivity index (χ0n) is 10.8. The average molecular weight is 256 g/mol. The van der Waals surface area contributed by atoms with Gasteiger partial charge >= 0.3 is 0 Å². The highest BCUT2D eigenvalue weighted by Crippen LogP contribution is 2.30. The van der Waals surface area contributed by atoms with Crippen molar-refractivity contribution in [3.63, 3.8) is 0 Å². The van der Waals surface area contributed by atoms with Gasteiger partial charge in [-0.05, 0) is 36.6 Å². The first-order chi connectivity index (χ1) is 9.29. The van der Waals surface area contributed by atoms with E-state index in [1.54, 1.807) is 0 Å². The van der Waals surface area contributed by atoms with Gasteiger partial charge in [0.25, 0.3) is 5.91 Å². The van der Waals surface area contributed by atoms with Gasteiger partial charge in [0.2, 0.25) is 0 Å². The normalized spacial score (nSPS) is 16.4. The summed E-state index contributed by atoms with van der Waals surface area (Å²) in [4.78, 5) is 14.4. The molecule has 1 aliphatic carbocycles. The second-order valence-corrected chi connectivity index (χ2v) is 5.06. The molecule has 4 nitrogen and oxygen atoms in total. The Labute approximate surface area is 112 Å². The predicted molar refractivity (Wildman–Crippen MR) is 69.9 cm³/mol. The van der Waals surface area contributed by atoms with Crippen molar-refractivity contribution in [1.29, 1.82) is 5.26 Å². The van der Waals surface area contributed by atoms with Crippen LogP contribution in [-0.4, -0.2) is 30.0 Å². The van der Waals surface area contributed by atoms with Gasteiger partial charge in [-0.25, -0.2) is 0 Å². The zero-order chi connectivity index (χ0) is 13.2. The van der Waals surface area contributed by atoms with E-state index in [0.717, 1.165) is 30.6 Å². The molecule has 1 aromatic carbocycles. The highest BCUT2D eigenvalue weighted by Gasteiger charge is 2.33. The molecule has 2 aliphatic rings. The summed E-state index contributed by atoms with van der Waals surface area (Å²) in [6.45, 7) is 1.24. The van der Waals surface area contributed by atoms with Crippen LogP contribution in [0.3, 0.4) is 0 Å². The number of hydrogen-bond donors (Lipinski definition) is 0. The first-order valence-electron chi connectivity index (χ1n) is 6.73. The molecule has 1 heterocycles. The quantitative estimate of drug-likeness (QED) is 0.829. The van der Waals surface area contributed by atoms with Gasteiger partial charge in [0.15, 0.2) is 0 Å². The van der Waals surface area contributed by atoms with Gasteiger partial charge in [0.1, 0.15) is 5.75 Å². The van der Waals surface area contributed by atoms with Crippen LogP contribution in [0.15, 0.2) is 18.2 Å². The largest absolute Gasteiger partial charge is 0.493 e. The second kappa shape index (κ2) is 4.93. The molecule has 0 aromatic heterocycles. The van der Waals surface area contributed by atoms with Gasteiger partial charge in [0, 0.05) is 24.6 Å². The molecule has 0 bridgehead atoms. The lowest BCUT2D eigenvalue weighted by Gasteiger charge is -2.21. The average Bonchev–Trinajstić information content (AvgIpc) is 3.15. The fourth-order valence-corrected chi connectivity index (χ4v) is 2.49. The van der Waals surface area contributed by atoms with Gasteiger partial charge in [0.05, 0.1) is 19.1 Å². The van der Waals surface area contributed by atoms with Gasteiger partial charge in [-0.1, -0.05) is 0 Å². The minimum absolute atomic E-state index is 0.0486. The lowest BCUT2D eigenvalue weighted by atomic mass is 10.1. The Bertz CT molecular complexity index is 544. The topological polar surface area (TPSA) is 53.3 Å². The molecule has 19 heavy (non-hydrogen) atoms. The molecule has 4 heteroatoms. The molecule has 1 aromatic rings. The number of benzene rings is 1. The Morgan fingerprint density at radius 2 is 2.32 bits per heavy atom. The molecule has 1 fully saturated rings. The zero-order valence-corrected chi connectivity index (χ0v) is 10.8. The van der Waals surface area contributed by atoms with E-state index in [1.165, 1.54) is 0 Å². The fraction of sp³-hybridized carbons (Fsp3) is 0.467. The standard InChI is InChI=1S/C15H16N2O2/c16-7-1-8-17(13-3-4-13)15(18)12-2-5-14-11(10-12)6-9-19-14/h2,5,10,13H,1,3-4,6,8-9H2. The van der Waals surface area contributed by atoms with E-state index in [9.17, 15) is 4.79 Å². The molecule has 98 valence electrons. The van der Waals surface area contributed by atoms with E-state index in [1.807, 2.05) is 23.1 Å². The van der Waals surface area contributed by atoms with Crippen LogP contribution in [0, 0.1) is 11.3 Å². The summed E-state index contributed by atoms with van der Waals surface area (Å²) in [5, 5.41) is 8.69. The second-order valence-electron chi connectivity index (χ2n) is 5.06. The smallest absolute Gasteiger partial charge is 0.254 e. The molecule has 0 saturated heterocycles. The van der Waals surface area contributed by atoms with Crippen LogP contribution in [0.5, 0.6) is 5.75 Å². The summed E-state index contributed by atoms with van der Waals surface area (Å²) in [5.41, 5.74) is 1.83. The first kappa shape index (κ1) is 12.0. The third-order valence-electron chi connectivity index (χ3n) is 3.65.